The van der Waals surface area contributed by atoms with E-state index in [4.69, 9.17) is 0 Å². The zero-order chi connectivity index (χ0) is 12.1. The molecule has 1 saturated heterocycles. The van der Waals surface area contributed by atoms with Gasteiger partial charge in [0.2, 0.25) is 10.0 Å². The van der Waals surface area contributed by atoms with Crippen molar-refractivity contribution in [2.24, 2.45) is 0 Å². The third kappa shape index (κ3) is 3.52. The first kappa shape index (κ1) is 12.5. The lowest BCUT2D eigenvalue weighted by atomic mass is 10.2. The van der Waals surface area contributed by atoms with Crippen molar-refractivity contribution in [3.05, 3.63) is 30.3 Å². The van der Waals surface area contributed by atoms with Crippen LogP contribution in [0.5, 0.6) is 0 Å². The van der Waals surface area contributed by atoms with Crippen LogP contribution in [0.1, 0.15) is 19.3 Å². The van der Waals surface area contributed by atoms with Crippen molar-refractivity contribution in [2.75, 3.05) is 13.1 Å². The number of hydrogen-bond donors (Lipinski definition) is 2. The summed E-state index contributed by atoms with van der Waals surface area (Å²) in [4.78, 5) is 0.333. The third-order valence-corrected chi connectivity index (χ3v) is 4.48. The highest BCUT2D eigenvalue weighted by Gasteiger charge is 2.16. The van der Waals surface area contributed by atoms with E-state index < -0.39 is 10.0 Å². The van der Waals surface area contributed by atoms with Gasteiger partial charge in [-0.15, -0.1) is 0 Å². The predicted octanol–water partition coefficient (Wildman–Crippen LogP) is 1.11. The Morgan fingerprint density at radius 1 is 1.29 bits per heavy atom. The van der Waals surface area contributed by atoms with Crippen LogP contribution in [-0.4, -0.2) is 27.5 Å². The molecule has 2 rings (SSSR count). The van der Waals surface area contributed by atoms with Crippen LogP contribution in [0, 0.1) is 0 Å². The minimum absolute atomic E-state index is 0.333. The van der Waals surface area contributed by atoms with Crippen LogP contribution >= 0.6 is 0 Å². The third-order valence-electron chi connectivity index (χ3n) is 3.00. The van der Waals surface area contributed by atoms with E-state index in [0.29, 0.717) is 17.5 Å². The Morgan fingerprint density at radius 3 is 2.71 bits per heavy atom. The summed E-state index contributed by atoms with van der Waals surface area (Å²) < 4.78 is 26.4. The van der Waals surface area contributed by atoms with Gasteiger partial charge < -0.3 is 5.32 Å². The molecule has 2 N–H and O–H groups in total. The largest absolute Gasteiger partial charge is 0.314 e. The Labute approximate surface area is 102 Å². The summed E-state index contributed by atoms with van der Waals surface area (Å²) >= 11 is 0. The van der Waals surface area contributed by atoms with E-state index in [2.05, 4.69) is 10.0 Å². The first-order chi connectivity index (χ1) is 8.18. The van der Waals surface area contributed by atoms with Gasteiger partial charge in [0.15, 0.2) is 0 Å². The van der Waals surface area contributed by atoms with Gasteiger partial charge in [0.1, 0.15) is 0 Å². The number of nitrogens with one attached hydrogen (secondary N) is 2. The van der Waals surface area contributed by atoms with Crippen LogP contribution in [0.15, 0.2) is 35.2 Å². The molecular weight excluding hydrogens is 236 g/mol. The highest BCUT2D eigenvalue weighted by molar-refractivity contribution is 7.89. The van der Waals surface area contributed by atoms with Crippen molar-refractivity contribution in [1.82, 2.24) is 10.0 Å². The summed E-state index contributed by atoms with van der Waals surface area (Å²) in [7, 11) is -3.33. The van der Waals surface area contributed by atoms with Crippen LogP contribution in [0.4, 0.5) is 0 Å². The number of rotatable bonds is 5. The molecule has 94 valence electrons. The van der Waals surface area contributed by atoms with E-state index in [0.717, 1.165) is 19.4 Å². The molecule has 0 amide bonds. The second kappa shape index (κ2) is 5.62. The molecule has 1 aliphatic rings. The lowest BCUT2D eigenvalue weighted by Crippen LogP contribution is -2.30. The summed E-state index contributed by atoms with van der Waals surface area (Å²) in [5.74, 6) is 0. The van der Waals surface area contributed by atoms with Crippen LogP contribution in [0.25, 0.3) is 0 Å². The molecule has 0 aliphatic carbocycles. The highest BCUT2D eigenvalue weighted by atomic mass is 32.2. The lowest BCUT2D eigenvalue weighted by molar-refractivity contribution is 0.539. The van der Waals surface area contributed by atoms with Gasteiger partial charge in [-0.1, -0.05) is 18.2 Å². The Balaban J connectivity index is 1.85. The number of sulfonamides is 1. The fourth-order valence-electron chi connectivity index (χ4n) is 2.05. The normalized spacial score (nSPS) is 20.6. The van der Waals surface area contributed by atoms with Crippen molar-refractivity contribution in [3.8, 4) is 0 Å². The Morgan fingerprint density at radius 2 is 2.06 bits per heavy atom. The van der Waals surface area contributed by atoms with E-state index in [1.165, 1.54) is 6.42 Å². The average Bonchev–Trinajstić information content (AvgIpc) is 2.83. The molecule has 1 heterocycles. The summed E-state index contributed by atoms with van der Waals surface area (Å²) in [6.45, 7) is 1.55. The van der Waals surface area contributed by atoms with E-state index in [1.54, 1.807) is 24.3 Å². The van der Waals surface area contributed by atoms with Gasteiger partial charge >= 0.3 is 0 Å². The number of hydrogen-bond acceptors (Lipinski definition) is 3. The Kier molecular flexibility index (Phi) is 4.15. The second-order valence-electron chi connectivity index (χ2n) is 4.29. The average molecular weight is 254 g/mol. The molecule has 5 heteroatoms. The zero-order valence-corrected chi connectivity index (χ0v) is 10.5. The molecular formula is C12H18N2O2S. The Bertz CT molecular complexity index is 439. The van der Waals surface area contributed by atoms with Gasteiger partial charge in [0, 0.05) is 12.6 Å². The predicted molar refractivity (Wildman–Crippen MR) is 67.3 cm³/mol. The molecule has 1 atom stereocenters. The molecule has 1 aliphatic heterocycles. The quantitative estimate of drug-likeness (QED) is 0.827. The molecule has 17 heavy (non-hydrogen) atoms. The minimum atomic E-state index is -3.33. The van der Waals surface area contributed by atoms with Crippen molar-refractivity contribution in [1.29, 1.82) is 0 Å². The van der Waals surface area contributed by atoms with Gasteiger partial charge in [-0.05, 0) is 37.9 Å². The SMILES string of the molecule is O=S(=O)(NCCC1CCCN1)c1ccccc1. The topological polar surface area (TPSA) is 58.2 Å². The van der Waals surface area contributed by atoms with Gasteiger partial charge in [0.05, 0.1) is 4.90 Å². The fourth-order valence-corrected chi connectivity index (χ4v) is 3.12. The molecule has 1 aromatic rings. The summed E-state index contributed by atoms with van der Waals surface area (Å²) in [6.07, 6.45) is 3.19. The first-order valence-electron chi connectivity index (χ1n) is 5.96. The maximum atomic E-state index is 11.9. The Hall–Kier alpha value is -0.910. The van der Waals surface area contributed by atoms with Crippen LogP contribution in [-0.2, 0) is 10.0 Å². The van der Waals surface area contributed by atoms with E-state index in [9.17, 15) is 8.42 Å². The monoisotopic (exact) mass is 254 g/mol. The van der Waals surface area contributed by atoms with Crippen LogP contribution in [0.2, 0.25) is 0 Å². The molecule has 0 saturated carbocycles. The first-order valence-corrected chi connectivity index (χ1v) is 7.45. The molecule has 0 radical (unpaired) electrons. The van der Waals surface area contributed by atoms with Crippen molar-refractivity contribution in [3.63, 3.8) is 0 Å². The maximum Gasteiger partial charge on any atom is 0.240 e. The van der Waals surface area contributed by atoms with Crippen molar-refractivity contribution >= 4 is 10.0 Å². The van der Waals surface area contributed by atoms with E-state index in [-0.39, 0.29) is 0 Å². The molecule has 1 aromatic carbocycles. The minimum Gasteiger partial charge on any atom is -0.314 e. The van der Waals surface area contributed by atoms with Gasteiger partial charge in [-0.2, -0.15) is 0 Å². The molecule has 1 fully saturated rings. The smallest absolute Gasteiger partial charge is 0.240 e. The fraction of sp³-hybridized carbons (Fsp3) is 0.500. The van der Waals surface area contributed by atoms with Gasteiger partial charge in [-0.25, -0.2) is 13.1 Å². The van der Waals surface area contributed by atoms with Crippen molar-refractivity contribution in [2.45, 2.75) is 30.2 Å². The van der Waals surface area contributed by atoms with Crippen LogP contribution < -0.4 is 10.0 Å². The van der Waals surface area contributed by atoms with E-state index in [1.807, 2.05) is 6.07 Å². The lowest BCUT2D eigenvalue weighted by Gasteiger charge is -2.11. The van der Waals surface area contributed by atoms with Crippen LogP contribution in [0.3, 0.4) is 0 Å². The molecule has 4 nitrogen and oxygen atoms in total. The summed E-state index contributed by atoms with van der Waals surface area (Å²) in [6, 6.07) is 8.95. The standard InChI is InChI=1S/C12H18N2O2S/c15-17(16,12-6-2-1-3-7-12)14-10-8-11-5-4-9-13-11/h1-3,6-7,11,13-14H,4-5,8-10H2. The van der Waals surface area contributed by atoms with E-state index >= 15 is 0 Å². The second-order valence-corrected chi connectivity index (χ2v) is 6.06. The zero-order valence-electron chi connectivity index (χ0n) is 9.72. The highest BCUT2D eigenvalue weighted by Crippen LogP contribution is 2.10. The molecule has 1 unspecified atom stereocenters. The number of benzene rings is 1. The molecule has 0 bridgehead atoms. The van der Waals surface area contributed by atoms with Crippen molar-refractivity contribution < 1.29 is 8.42 Å². The summed E-state index contributed by atoms with van der Waals surface area (Å²) in [5.41, 5.74) is 0. The molecule has 0 spiro atoms. The van der Waals surface area contributed by atoms with Gasteiger partial charge in [0.25, 0.3) is 0 Å². The van der Waals surface area contributed by atoms with Gasteiger partial charge in [-0.3, -0.25) is 0 Å². The maximum absolute atomic E-state index is 11.9. The molecule has 0 aromatic heterocycles. The summed E-state index contributed by atoms with van der Waals surface area (Å²) in [5, 5.41) is 3.35.